The number of rotatable bonds is 0. The summed E-state index contributed by atoms with van der Waals surface area (Å²) in [4.78, 5) is 0. The molecule has 0 heterocycles. The van der Waals surface area contributed by atoms with Crippen LogP contribution in [0.5, 0.6) is 0 Å². The van der Waals surface area contributed by atoms with E-state index in [9.17, 15) is 0 Å². The highest BCUT2D eigenvalue weighted by Gasteiger charge is 2.18. The van der Waals surface area contributed by atoms with Crippen molar-refractivity contribution in [3.8, 4) is 0 Å². The van der Waals surface area contributed by atoms with Crippen molar-refractivity contribution in [2.75, 3.05) is 0 Å². The van der Waals surface area contributed by atoms with Crippen LogP contribution in [-0.2, 0) is 0 Å². The van der Waals surface area contributed by atoms with Crippen LogP contribution in [0.2, 0.25) is 0 Å². The molecule has 0 radical (unpaired) electrons. The third-order valence-electron chi connectivity index (χ3n) is 2.47. The van der Waals surface area contributed by atoms with Crippen LogP contribution in [0.15, 0.2) is 0 Å². The summed E-state index contributed by atoms with van der Waals surface area (Å²) in [5, 5.41) is 0.451. The fourth-order valence-electron chi connectivity index (χ4n) is 1.77. The quantitative estimate of drug-likeness (QED) is 0.376. The monoisotopic (exact) mass is 160 g/mol. The van der Waals surface area contributed by atoms with Crippen LogP contribution in [0.3, 0.4) is 0 Å². The van der Waals surface area contributed by atoms with Gasteiger partial charge in [-0.1, -0.05) is 26.7 Å². The molecule has 1 aliphatic carbocycles. The maximum Gasteiger partial charge on any atom is 0.0341 e. The average molecular weight is 161 g/mol. The Hall–Kier alpha value is 0.290. The van der Waals surface area contributed by atoms with Crippen LogP contribution >= 0.6 is 11.6 Å². The minimum Gasteiger partial charge on any atom is -0.123 e. The fourth-order valence-corrected chi connectivity index (χ4v) is 2.38. The molecule has 0 N–H and O–H groups in total. The third-order valence-corrected chi connectivity index (χ3v) is 2.82. The smallest absolute Gasteiger partial charge is 0.0341 e. The Balaban J connectivity index is 2.38. The summed E-state index contributed by atoms with van der Waals surface area (Å²) in [6.07, 6.45) is 5.21. The molecular formula is C9H17Cl. The topological polar surface area (TPSA) is 0 Å². The molecule has 0 aliphatic heterocycles. The summed E-state index contributed by atoms with van der Waals surface area (Å²) in [6, 6.07) is 0. The highest BCUT2D eigenvalue weighted by Crippen LogP contribution is 2.29. The molecule has 3 atom stereocenters. The molecule has 0 aromatic rings. The van der Waals surface area contributed by atoms with Crippen molar-refractivity contribution in [1.29, 1.82) is 0 Å². The number of alkyl halides is 1. The van der Waals surface area contributed by atoms with Crippen LogP contribution in [0.4, 0.5) is 0 Å². The SMILES string of the molecule is CC1CC[C@@H](C)CC(Cl)C1. The Kier molecular flexibility index (Phi) is 3.03. The molecule has 1 saturated carbocycles. The molecule has 1 rings (SSSR count). The maximum atomic E-state index is 6.11. The first-order chi connectivity index (χ1) is 4.68. The summed E-state index contributed by atoms with van der Waals surface area (Å²) >= 11 is 6.11. The van der Waals surface area contributed by atoms with Crippen molar-refractivity contribution in [3.05, 3.63) is 0 Å². The second-order valence-electron chi connectivity index (χ2n) is 3.86. The van der Waals surface area contributed by atoms with Gasteiger partial charge in [0.15, 0.2) is 0 Å². The first-order valence-electron chi connectivity index (χ1n) is 4.32. The second-order valence-corrected chi connectivity index (χ2v) is 4.47. The van der Waals surface area contributed by atoms with Crippen molar-refractivity contribution in [2.45, 2.75) is 44.9 Å². The van der Waals surface area contributed by atoms with Gasteiger partial charge in [0.05, 0.1) is 0 Å². The first-order valence-corrected chi connectivity index (χ1v) is 4.76. The third kappa shape index (κ3) is 2.49. The van der Waals surface area contributed by atoms with E-state index in [1.54, 1.807) is 0 Å². The summed E-state index contributed by atoms with van der Waals surface area (Å²) in [6.45, 7) is 4.63. The fraction of sp³-hybridized carbons (Fsp3) is 1.00. The van der Waals surface area contributed by atoms with Gasteiger partial charge in [-0.25, -0.2) is 0 Å². The van der Waals surface area contributed by atoms with Crippen LogP contribution in [0.25, 0.3) is 0 Å². The van der Waals surface area contributed by atoms with Crippen molar-refractivity contribution in [2.24, 2.45) is 11.8 Å². The molecule has 60 valence electrons. The van der Waals surface area contributed by atoms with Crippen molar-refractivity contribution in [1.82, 2.24) is 0 Å². The molecule has 1 heteroatoms. The Morgan fingerprint density at radius 3 is 1.80 bits per heavy atom. The molecule has 2 unspecified atom stereocenters. The average Bonchev–Trinajstić information content (AvgIpc) is 1.93. The van der Waals surface area contributed by atoms with Gasteiger partial charge >= 0.3 is 0 Å². The Morgan fingerprint density at radius 1 is 1.00 bits per heavy atom. The predicted molar refractivity (Wildman–Crippen MR) is 46.4 cm³/mol. The molecule has 0 bridgehead atoms. The van der Waals surface area contributed by atoms with Gasteiger partial charge in [-0.05, 0) is 24.7 Å². The van der Waals surface area contributed by atoms with E-state index < -0.39 is 0 Å². The molecule has 0 nitrogen and oxygen atoms in total. The zero-order valence-electron chi connectivity index (χ0n) is 6.94. The molecule has 1 fully saturated rings. The second kappa shape index (κ2) is 3.61. The Morgan fingerprint density at radius 2 is 1.40 bits per heavy atom. The summed E-state index contributed by atoms with van der Waals surface area (Å²) in [5.41, 5.74) is 0. The number of halogens is 1. The van der Waals surface area contributed by atoms with Gasteiger partial charge in [-0.15, -0.1) is 11.6 Å². The standard InChI is InChI=1S/C9H17Cl/c1-7-3-4-8(2)6-9(10)5-7/h7-9H,3-6H2,1-2H3/t7-,8?,9?/m1/s1. The van der Waals surface area contributed by atoms with Gasteiger partial charge in [-0.2, -0.15) is 0 Å². The van der Waals surface area contributed by atoms with E-state index in [0.29, 0.717) is 5.38 Å². The lowest BCUT2D eigenvalue weighted by Crippen LogP contribution is -2.03. The first kappa shape index (κ1) is 8.39. The van der Waals surface area contributed by atoms with Gasteiger partial charge < -0.3 is 0 Å². The Bertz CT molecular complexity index is 88.9. The maximum absolute atomic E-state index is 6.11. The van der Waals surface area contributed by atoms with Gasteiger partial charge in [0.1, 0.15) is 0 Å². The van der Waals surface area contributed by atoms with E-state index in [2.05, 4.69) is 13.8 Å². The zero-order valence-corrected chi connectivity index (χ0v) is 7.69. The molecule has 1 aliphatic rings. The molecule has 0 aromatic carbocycles. The van der Waals surface area contributed by atoms with Gasteiger partial charge in [0.25, 0.3) is 0 Å². The van der Waals surface area contributed by atoms with E-state index in [0.717, 1.165) is 11.8 Å². The van der Waals surface area contributed by atoms with Crippen LogP contribution in [0, 0.1) is 11.8 Å². The van der Waals surface area contributed by atoms with Gasteiger partial charge in [-0.3, -0.25) is 0 Å². The van der Waals surface area contributed by atoms with E-state index in [-0.39, 0.29) is 0 Å². The Labute approximate surface area is 69.0 Å². The van der Waals surface area contributed by atoms with E-state index in [4.69, 9.17) is 11.6 Å². The molecule has 10 heavy (non-hydrogen) atoms. The zero-order chi connectivity index (χ0) is 7.56. The minimum atomic E-state index is 0.451. The van der Waals surface area contributed by atoms with Crippen molar-refractivity contribution >= 4 is 11.6 Å². The van der Waals surface area contributed by atoms with E-state index in [1.807, 2.05) is 0 Å². The molecule has 0 spiro atoms. The van der Waals surface area contributed by atoms with Crippen LogP contribution in [-0.4, -0.2) is 5.38 Å². The normalized spacial score (nSPS) is 42.9. The molecule has 0 saturated heterocycles. The van der Waals surface area contributed by atoms with E-state index in [1.165, 1.54) is 25.7 Å². The van der Waals surface area contributed by atoms with Crippen LogP contribution < -0.4 is 0 Å². The minimum absolute atomic E-state index is 0.451. The lowest BCUT2D eigenvalue weighted by molar-refractivity contribution is 0.476. The molecule has 0 aromatic heterocycles. The summed E-state index contributed by atoms with van der Waals surface area (Å²) in [5.74, 6) is 1.71. The number of hydrogen-bond donors (Lipinski definition) is 0. The van der Waals surface area contributed by atoms with Crippen molar-refractivity contribution in [3.63, 3.8) is 0 Å². The molecule has 0 amide bonds. The van der Waals surface area contributed by atoms with Gasteiger partial charge in [0, 0.05) is 5.38 Å². The van der Waals surface area contributed by atoms with E-state index >= 15 is 0 Å². The van der Waals surface area contributed by atoms with Crippen LogP contribution in [0.1, 0.15) is 39.5 Å². The lowest BCUT2D eigenvalue weighted by atomic mass is 10.0. The molecular weight excluding hydrogens is 144 g/mol. The van der Waals surface area contributed by atoms with Crippen molar-refractivity contribution < 1.29 is 0 Å². The lowest BCUT2D eigenvalue weighted by Gasteiger charge is -2.09. The highest BCUT2D eigenvalue weighted by molar-refractivity contribution is 6.20. The highest BCUT2D eigenvalue weighted by atomic mass is 35.5. The predicted octanol–water partition coefficient (Wildman–Crippen LogP) is 3.44. The summed E-state index contributed by atoms with van der Waals surface area (Å²) in [7, 11) is 0. The number of hydrogen-bond acceptors (Lipinski definition) is 0. The summed E-state index contributed by atoms with van der Waals surface area (Å²) < 4.78 is 0. The largest absolute Gasteiger partial charge is 0.123 e. The van der Waals surface area contributed by atoms with Gasteiger partial charge in [0.2, 0.25) is 0 Å².